The van der Waals surface area contributed by atoms with Crippen LogP contribution in [0, 0.1) is 5.82 Å². The molecule has 1 N–H and O–H groups in total. The largest absolute Gasteiger partial charge is 0.481 e. The van der Waals surface area contributed by atoms with Crippen LogP contribution in [0.5, 0.6) is 5.75 Å². The summed E-state index contributed by atoms with van der Waals surface area (Å²) >= 11 is 0. The summed E-state index contributed by atoms with van der Waals surface area (Å²) < 4.78 is 23.5. The van der Waals surface area contributed by atoms with Crippen LogP contribution in [0.2, 0.25) is 0 Å². The van der Waals surface area contributed by atoms with Gasteiger partial charge in [0, 0.05) is 13.2 Å². The number of carbonyl (C=O) groups is 1. The van der Waals surface area contributed by atoms with Gasteiger partial charge in [-0.2, -0.15) is 0 Å². The van der Waals surface area contributed by atoms with E-state index in [0.29, 0.717) is 18.9 Å². The van der Waals surface area contributed by atoms with E-state index in [2.05, 4.69) is 5.32 Å². The van der Waals surface area contributed by atoms with Gasteiger partial charge in [0.2, 0.25) is 0 Å². The topological polar surface area (TPSA) is 47.6 Å². The highest BCUT2D eigenvalue weighted by molar-refractivity contribution is 5.80. The summed E-state index contributed by atoms with van der Waals surface area (Å²) in [5.41, 5.74) is 0. The molecule has 0 aliphatic carbocycles. The predicted octanol–water partition coefficient (Wildman–Crippen LogP) is 2.52. The molecule has 0 saturated heterocycles. The van der Waals surface area contributed by atoms with E-state index in [9.17, 15) is 9.18 Å². The van der Waals surface area contributed by atoms with Crippen molar-refractivity contribution in [2.75, 3.05) is 13.2 Å². The summed E-state index contributed by atoms with van der Waals surface area (Å²) in [6.45, 7) is 6.76. The van der Waals surface area contributed by atoms with Crippen molar-refractivity contribution in [3.8, 4) is 5.75 Å². The Morgan fingerprint density at radius 3 is 2.50 bits per heavy atom. The number of rotatable bonds is 8. The second-order valence-corrected chi connectivity index (χ2v) is 4.78. The molecule has 20 heavy (non-hydrogen) atoms. The van der Waals surface area contributed by atoms with Gasteiger partial charge >= 0.3 is 0 Å². The molecule has 0 radical (unpaired) electrons. The van der Waals surface area contributed by atoms with Crippen LogP contribution in [-0.4, -0.2) is 31.3 Å². The molecule has 4 nitrogen and oxygen atoms in total. The molecule has 5 heteroatoms. The highest BCUT2D eigenvalue weighted by atomic mass is 19.1. The molecule has 1 aromatic rings. The van der Waals surface area contributed by atoms with Crippen molar-refractivity contribution in [1.29, 1.82) is 0 Å². The van der Waals surface area contributed by atoms with E-state index in [0.717, 1.165) is 6.42 Å². The summed E-state index contributed by atoms with van der Waals surface area (Å²) in [5, 5.41) is 2.77. The maximum absolute atomic E-state index is 12.7. The molecular formula is C15H22FNO3. The van der Waals surface area contributed by atoms with Crippen molar-refractivity contribution < 1.29 is 18.7 Å². The highest BCUT2D eigenvalue weighted by Gasteiger charge is 2.13. The second-order valence-electron chi connectivity index (χ2n) is 4.78. The maximum atomic E-state index is 12.7. The molecule has 1 atom stereocenters. The van der Waals surface area contributed by atoms with E-state index in [4.69, 9.17) is 9.47 Å². The van der Waals surface area contributed by atoms with E-state index >= 15 is 0 Å². The fourth-order valence-corrected chi connectivity index (χ4v) is 1.52. The van der Waals surface area contributed by atoms with Gasteiger partial charge in [-0.1, -0.05) is 0 Å². The van der Waals surface area contributed by atoms with Gasteiger partial charge in [-0.3, -0.25) is 4.79 Å². The van der Waals surface area contributed by atoms with Gasteiger partial charge in [-0.05, 0) is 51.5 Å². The van der Waals surface area contributed by atoms with Gasteiger partial charge in [0.25, 0.3) is 5.91 Å². The van der Waals surface area contributed by atoms with Crippen molar-refractivity contribution in [2.24, 2.45) is 0 Å². The lowest BCUT2D eigenvalue weighted by atomic mass is 10.3. The number of nitrogens with one attached hydrogen (secondary N) is 1. The van der Waals surface area contributed by atoms with Gasteiger partial charge in [0.15, 0.2) is 6.10 Å². The normalized spacial score (nSPS) is 12.2. The minimum atomic E-state index is -0.619. The van der Waals surface area contributed by atoms with Crippen molar-refractivity contribution in [3.05, 3.63) is 30.1 Å². The number of halogens is 1. The Hall–Kier alpha value is -1.62. The number of ether oxygens (including phenoxy) is 2. The van der Waals surface area contributed by atoms with Crippen molar-refractivity contribution in [1.82, 2.24) is 5.32 Å². The predicted molar refractivity (Wildman–Crippen MR) is 75.2 cm³/mol. The molecule has 0 heterocycles. The number of amides is 1. The smallest absolute Gasteiger partial charge is 0.260 e. The Morgan fingerprint density at radius 2 is 1.90 bits per heavy atom. The second kappa shape index (κ2) is 8.53. The molecule has 0 unspecified atom stereocenters. The molecule has 0 fully saturated rings. The van der Waals surface area contributed by atoms with Crippen molar-refractivity contribution in [2.45, 2.75) is 39.4 Å². The monoisotopic (exact) mass is 283 g/mol. The van der Waals surface area contributed by atoms with Gasteiger partial charge in [0.1, 0.15) is 11.6 Å². The van der Waals surface area contributed by atoms with Crippen LogP contribution >= 0.6 is 0 Å². The average Bonchev–Trinajstić information content (AvgIpc) is 2.40. The maximum Gasteiger partial charge on any atom is 0.260 e. The summed E-state index contributed by atoms with van der Waals surface area (Å²) in [6, 6.07) is 5.58. The van der Waals surface area contributed by atoms with Gasteiger partial charge in [0.05, 0.1) is 6.10 Å². The summed E-state index contributed by atoms with van der Waals surface area (Å²) in [5.74, 6) is -0.0596. The Labute approximate surface area is 119 Å². The van der Waals surface area contributed by atoms with Crippen LogP contribution in [0.1, 0.15) is 27.2 Å². The molecule has 0 aliphatic heterocycles. The Balaban J connectivity index is 2.23. The van der Waals surface area contributed by atoms with Crippen molar-refractivity contribution >= 4 is 5.91 Å². The minimum Gasteiger partial charge on any atom is -0.481 e. The number of hydrogen-bond donors (Lipinski definition) is 1. The quantitative estimate of drug-likeness (QED) is 0.746. The third-order valence-electron chi connectivity index (χ3n) is 2.57. The van der Waals surface area contributed by atoms with Crippen LogP contribution in [0.15, 0.2) is 24.3 Å². The number of hydrogen-bond acceptors (Lipinski definition) is 3. The van der Waals surface area contributed by atoms with Crippen LogP contribution in [0.4, 0.5) is 4.39 Å². The van der Waals surface area contributed by atoms with E-state index in [-0.39, 0.29) is 17.8 Å². The zero-order valence-electron chi connectivity index (χ0n) is 12.2. The Kier molecular flexibility index (Phi) is 7.01. The van der Waals surface area contributed by atoms with Crippen LogP contribution in [0.25, 0.3) is 0 Å². The molecule has 0 aliphatic rings. The lowest BCUT2D eigenvalue weighted by Crippen LogP contribution is -2.37. The van der Waals surface area contributed by atoms with E-state index < -0.39 is 6.10 Å². The molecule has 0 saturated carbocycles. The lowest BCUT2D eigenvalue weighted by molar-refractivity contribution is -0.127. The molecule has 1 aromatic carbocycles. The summed E-state index contributed by atoms with van der Waals surface area (Å²) in [6.07, 6.45) is 0.339. The zero-order chi connectivity index (χ0) is 15.0. The molecule has 1 rings (SSSR count). The van der Waals surface area contributed by atoms with E-state index in [1.165, 1.54) is 24.3 Å². The first-order valence-electron chi connectivity index (χ1n) is 6.80. The van der Waals surface area contributed by atoms with Crippen LogP contribution in [0.3, 0.4) is 0 Å². The zero-order valence-corrected chi connectivity index (χ0v) is 12.2. The molecule has 0 bridgehead atoms. The van der Waals surface area contributed by atoms with Crippen molar-refractivity contribution in [3.63, 3.8) is 0 Å². The van der Waals surface area contributed by atoms with E-state index in [1.54, 1.807) is 6.92 Å². The number of benzene rings is 1. The molecule has 1 amide bonds. The van der Waals surface area contributed by atoms with Crippen LogP contribution in [-0.2, 0) is 9.53 Å². The standard InChI is InChI=1S/C15H22FNO3/c1-11(2)19-10-4-9-17-15(18)12(3)20-14-7-5-13(16)6-8-14/h5-8,11-12H,4,9-10H2,1-3H3,(H,17,18)/t12-/m0/s1. The van der Waals surface area contributed by atoms with E-state index in [1.807, 2.05) is 13.8 Å². The summed E-state index contributed by atoms with van der Waals surface area (Å²) in [7, 11) is 0. The SMILES string of the molecule is CC(C)OCCCNC(=O)[C@H](C)Oc1ccc(F)cc1. The number of carbonyl (C=O) groups excluding carboxylic acids is 1. The molecule has 0 aromatic heterocycles. The van der Waals surface area contributed by atoms with Crippen LogP contribution < -0.4 is 10.1 Å². The highest BCUT2D eigenvalue weighted by Crippen LogP contribution is 2.12. The lowest BCUT2D eigenvalue weighted by Gasteiger charge is -2.15. The Morgan fingerprint density at radius 1 is 1.25 bits per heavy atom. The summed E-state index contributed by atoms with van der Waals surface area (Å²) in [4.78, 5) is 11.8. The third kappa shape index (κ3) is 6.52. The first-order valence-corrected chi connectivity index (χ1v) is 6.80. The first kappa shape index (κ1) is 16.4. The first-order chi connectivity index (χ1) is 9.49. The van der Waals surface area contributed by atoms with Gasteiger partial charge < -0.3 is 14.8 Å². The Bertz CT molecular complexity index is 406. The third-order valence-corrected chi connectivity index (χ3v) is 2.57. The minimum absolute atomic E-state index is 0.195. The molecule has 112 valence electrons. The fourth-order valence-electron chi connectivity index (χ4n) is 1.52. The molecule has 0 spiro atoms. The fraction of sp³-hybridized carbons (Fsp3) is 0.533. The van der Waals surface area contributed by atoms with Gasteiger partial charge in [-0.25, -0.2) is 4.39 Å². The average molecular weight is 283 g/mol. The molecular weight excluding hydrogens is 261 g/mol. The van der Waals surface area contributed by atoms with Gasteiger partial charge in [-0.15, -0.1) is 0 Å².